The van der Waals surface area contributed by atoms with Gasteiger partial charge in [-0.05, 0) is 19.8 Å². The highest BCUT2D eigenvalue weighted by molar-refractivity contribution is 5.11. The lowest BCUT2D eigenvalue weighted by Crippen LogP contribution is -1.96. The molecule has 0 saturated heterocycles. The van der Waals surface area contributed by atoms with Crippen molar-refractivity contribution in [3.63, 3.8) is 0 Å². The van der Waals surface area contributed by atoms with Crippen molar-refractivity contribution in [2.75, 3.05) is 0 Å². The maximum absolute atomic E-state index is 4.34. The molecule has 0 radical (unpaired) electrons. The van der Waals surface area contributed by atoms with Crippen LogP contribution in [0, 0.1) is 6.92 Å². The van der Waals surface area contributed by atoms with Gasteiger partial charge >= 0.3 is 0 Å². The second kappa shape index (κ2) is 1.84. The number of nitrogens with zero attached hydrogens (tertiary/aromatic N) is 2. The molecule has 0 amide bonds. The molecule has 54 valence electrons. The number of imidazole rings is 1. The fourth-order valence-electron chi connectivity index (χ4n) is 1.23. The minimum absolute atomic E-state index is 0.777. The van der Waals surface area contributed by atoms with E-state index in [0.29, 0.717) is 0 Å². The third kappa shape index (κ3) is 0.753. The van der Waals surface area contributed by atoms with E-state index in [2.05, 4.69) is 23.5 Å². The number of rotatable bonds is 1. The molecule has 1 fully saturated rings. The zero-order valence-electron chi connectivity index (χ0n) is 6.46. The largest absolute Gasteiger partial charge is 0.335 e. The number of hydrogen-bond acceptors (Lipinski definition) is 1. The van der Waals surface area contributed by atoms with E-state index in [1.54, 1.807) is 0 Å². The molecule has 0 aromatic carbocycles. The molecular formula is C8H12N2. The van der Waals surface area contributed by atoms with Crippen molar-refractivity contribution in [2.24, 2.45) is 7.05 Å². The van der Waals surface area contributed by atoms with Crippen LogP contribution in [0.1, 0.15) is 30.3 Å². The van der Waals surface area contributed by atoms with Gasteiger partial charge in [-0.1, -0.05) is 0 Å². The van der Waals surface area contributed by atoms with Crippen LogP contribution in [0.5, 0.6) is 0 Å². The van der Waals surface area contributed by atoms with Gasteiger partial charge in [0.15, 0.2) is 0 Å². The first-order valence-corrected chi connectivity index (χ1v) is 3.77. The maximum Gasteiger partial charge on any atom is 0.111 e. The van der Waals surface area contributed by atoms with Crippen LogP contribution in [0.15, 0.2) is 6.20 Å². The first-order chi connectivity index (χ1) is 4.79. The van der Waals surface area contributed by atoms with Crippen LogP contribution in [0.3, 0.4) is 0 Å². The highest BCUT2D eigenvalue weighted by atomic mass is 15.1. The van der Waals surface area contributed by atoms with Gasteiger partial charge in [0.2, 0.25) is 0 Å². The summed E-state index contributed by atoms with van der Waals surface area (Å²) in [7, 11) is 2.09. The van der Waals surface area contributed by atoms with Crippen LogP contribution in [-0.2, 0) is 7.05 Å². The molecule has 0 bridgehead atoms. The second-order valence-electron chi connectivity index (χ2n) is 3.09. The molecule has 2 rings (SSSR count). The van der Waals surface area contributed by atoms with Crippen LogP contribution in [-0.4, -0.2) is 9.55 Å². The molecule has 0 N–H and O–H groups in total. The SMILES string of the molecule is Cc1cnc(C2CC2)n1C. The summed E-state index contributed by atoms with van der Waals surface area (Å²) in [6.07, 6.45) is 4.63. The fraction of sp³-hybridized carbons (Fsp3) is 0.625. The third-order valence-electron chi connectivity index (χ3n) is 2.20. The zero-order valence-corrected chi connectivity index (χ0v) is 6.46. The van der Waals surface area contributed by atoms with E-state index in [1.165, 1.54) is 24.4 Å². The molecule has 0 atom stereocenters. The van der Waals surface area contributed by atoms with Crippen LogP contribution in [0.25, 0.3) is 0 Å². The Morgan fingerprint density at radius 3 is 2.70 bits per heavy atom. The van der Waals surface area contributed by atoms with Gasteiger partial charge in [-0.15, -0.1) is 0 Å². The Labute approximate surface area is 60.9 Å². The Balaban J connectivity index is 2.40. The van der Waals surface area contributed by atoms with Gasteiger partial charge in [-0.2, -0.15) is 0 Å². The lowest BCUT2D eigenvalue weighted by Gasteiger charge is -1.98. The summed E-state index contributed by atoms with van der Waals surface area (Å²) in [5, 5.41) is 0. The van der Waals surface area contributed by atoms with Crippen molar-refractivity contribution in [1.82, 2.24) is 9.55 Å². The monoisotopic (exact) mass is 136 g/mol. The minimum atomic E-state index is 0.777. The summed E-state index contributed by atoms with van der Waals surface area (Å²) in [6.45, 7) is 2.10. The van der Waals surface area contributed by atoms with Crippen LogP contribution in [0.4, 0.5) is 0 Å². The Bertz CT molecular complexity index is 246. The van der Waals surface area contributed by atoms with Crippen molar-refractivity contribution >= 4 is 0 Å². The quantitative estimate of drug-likeness (QED) is 0.573. The minimum Gasteiger partial charge on any atom is -0.335 e. The lowest BCUT2D eigenvalue weighted by atomic mass is 10.4. The van der Waals surface area contributed by atoms with Gasteiger partial charge in [0.1, 0.15) is 5.82 Å². The standard InChI is InChI=1S/C8H12N2/c1-6-5-9-8(10(6)2)7-3-4-7/h5,7H,3-4H2,1-2H3. The molecule has 1 saturated carbocycles. The normalized spacial score (nSPS) is 17.8. The summed E-state index contributed by atoms with van der Waals surface area (Å²) < 4.78 is 2.19. The molecule has 1 aromatic rings. The smallest absolute Gasteiger partial charge is 0.111 e. The van der Waals surface area contributed by atoms with Gasteiger partial charge in [-0.25, -0.2) is 4.98 Å². The van der Waals surface area contributed by atoms with Gasteiger partial charge in [-0.3, -0.25) is 0 Å². The first kappa shape index (κ1) is 5.96. The van der Waals surface area contributed by atoms with Crippen LogP contribution < -0.4 is 0 Å². The van der Waals surface area contributed by atoms with Gasteiger partial charge in [0, 0.05) is 24.9 Å². The molecule has 0 unspecified atom stereocenters. The molecule has 0 aliphatic heterocycles. The van der Waals surface area contributed by atoms with E-state index in [9.17, 15) is 0 Å². The van der Waals surface area contributed by atoms with E-state index >= 15 is 0 Å². The third-order valence-corrected chi connectivity index (χ3v) is 2.20. The molecule has 1 aromatic heterocycles. The average molecular weight is 136 g/mol. The van der Waals surface area contributed by atoms with E-state index in [-0.39, 0.29) is 0 Å². The molecular weight excluding hydrogens is 124 g/mol. The van der Waals surface area contributed by atoms with Crippen LogP contribution in [0.2, 0.25) is 0 Å². The first-order valence-electron chi connectivity index (χ1n) is 3.77. The van der Waals surface area contributed by atoms with Crippen molar-refractivity contribution in [3.8, 4) is 0 Å². The summed E-state index contributed by atoms with van der Waals surface area (Å²) in [5.41, 5.74) is 1.27. The molecule has 1 aliphatic carbocycles. The average Bonchev–Trinajstić information content (AvgIpc) is 2.67. The topological polar surface area (TPSA) is 17.8 Å². The highest BCUT2D eigenvalue weighted by Gasteiger charge is 2.27. The Morgan fingerprint density at radius 2 is 2.30 bits per heavy atom. The molecule has 2 nitrogen and oxygen atoms in total. The van der Waals surface area contributed by atoms with E-state index < -0.39 is 0 Å². The summed E-state index contributed by atoms with van der Waals surface area (Å²) in [6, 6.07) is 0. The number of aryl methyl sites for hydroxylation is 1. The van der Waals surface area contributed by atoms with E-state index in [1.807, 2.05) is 6.20 Å². The summed E-state index contributed by atoms with van der Waals surface area (Å²) >= 11 is 0. The van der Waals surface area contributed by atoms with Crippen molar-refractivity contribution < 1.29 is 0 Å². The van der Waals surface area contributed by atoms with E-state index in [4.69, 9.17) is 0 Å². The molecule has 1 heterocycles. The van der Waals surface area contributed by atoms with Crippen molar-refractivity contribution in [3.05, 3.63) is 17.7 Å². The Morgan fingerprint density at radius 1 is 1.60 bits per heavy atom. The molecule has 2 heteroatoms. The summed E-state index contributed by atoms with van der Waals surface area (Å²) in [4.78, 5) is 4.34. The highest BCUT2D eigenvalue weighted by Crippen LogP contribution is 2.38. The van der Waals surface area contributed by atoms with Crippen molar-refractivity contribution in [2.45, 2.75) is 25.7 Å². The Kier molecular flexibility index (Phi) is 1.10. The number of hydrogen-bond donors (Lipinski definition) is 0. The number of aromatic nitrogens is 2. The summed E-state index contributed by atoms with van der Waals surface area (Å²) in [5.74, 6) is 2.05. The van der Waals surface area contributed by atoms with Crippen molar-refractivity contribution in [1.29, 1.82) is 0 Å². The van der Waals surface area contributed by atoms with Gasteiger partial charge < -0.3 is 4.57 Å². The molecule has 0 spiro atoms. The second-order valence-corrected chi connectivity index (χ2v) is 3.09. The predicted octanol–water partition coefficient (Wildman–Crippen LogP) is 1.61. The zero-order chi connectivity index (χ0) is 7.14. The predicted molar refractivity (Wildman–Crippen MR) is 39.9 cm³/mol. The Hall–Kier alpha value is -0.790. The lowest BCUT2D eigenvalue weighted by molar-refractivity contribution is 0.778. The molecule has 10 heavy (non-hydrogen) atoms. The van der Waals surface area contributed by atoms with Gasteiger partial charge in [0.05, 0.1) is 0 Å². The van der Waals surface area contributed by atoms with Crippen LogP contribution >= 0.6 is 0 Å². The maximum atomic E-state index is 4.34. The van der Waals surface area contributed by atoms with E-state index in [0.717, 1.165) is 5.92 Å². The van der Waals surface area contributed by atoms with Gasteiger partial charge in [0.25, 0.3) is 0 Å². The molecule has 1 aliphatic rings. The fourth-order valence-corrected chi connectivity index (χ4v) is 1.23.